The van der Waals surface area contributed by atoms with Crippen molar-refractivity contribution in [2.75, 3.05) is 18.6 Å². The first-order valence-electron chi connectivity index (χ1n) is 4.59. The molecule has 1 aliphatic heterocycles. The summed E-state index contributed by atoms with van der Waals surface area (Å²) in [7, 11) is 1.93. The minimum Gasteiger partial charge on any atom is -0.488 e. The summed E-state index contributed by atoms with van der Waals surface area (Å²) >= 11 is 0. The normalized spacial score (nSPS) is 19.5. The van der Waals surface area contributed by atoms with Gasteiger partial charge in [0.2, 0.25) is 0 Å². The molecule has 14 heavy (non-hydrogen) atoms. The van der Waals surface area contributed by atoms with Gasteiger partial charge in [-0.25, -0.2) is 0 Å². The summed E-state index contributed by atoms with van der Waals surface area (Å²) in [5, 5.41) is 8.88. The molecule has 3 heteroatoms. The summed E-state index contributed by atoms with van der Waals surface area (Å²) in [6, 6.07) is 8.01. The fourth-order valence-corrected chi connectivity index (χ4v) is 1.67. The Morgan fingerprint density at radius 1 is 1.57 bits per heavy atom. The molecule has 0 aliphatic carbocycles. The molecular formula is C11H12N2O. The topological polar surface area (TPSA) is 36.3 Å². The van der Waals surface area contributed by atoms with Gasteiger partial charge in [0.1, 0.15) is 12.4 Å². The molecule has 2 rings (SSSR count). The Morgan fingerprint density at radius 2 is 2.36 bits per heavy atom. The van der Waals surface area contributed by atoms with Crippen molar-refractivity contribution in [1.82, 2.24) is 0 Å². The van der Waals surface area contributed by atoms with Gasteiger partial charge in [0.05, 0.1) is 11.8 Å². The molecule has 0 N–H and O–H groups in total. The number of para-hydroxylation sites is 1. The molecule has 0 saturated carbocycles. The van der Waals surface area contributed by atoms with Crippen LogP contribution in [-0.2, 0) is 0 Å². The first kappa shape index (κ1) is 8.89. The number of hydrogen-bond donors (Lipinski definition) is 0. The molecule has 1 aromatic carbocycles. The van der Waals surface area contributed by atoms with E-state index >= 15 is 0 Å². The van der Waals surface area contributed by atoms with Gasteiger partial charge in [-0.05, 0) is 18.6 Å². The van der Waals surface area contributed by atoms with E-state index in [0.717, 1.165) is 17.0 Å². The van der Waals surface area contributed by atoms with E-state index in [1.54, 1.807) is 0 Å². The predicted molar refractivity (Wildman–Crippen MR) is 54.5 cm³/mol. The Hall–Kier alpha value is -1.69. The number of nitrogens with zero attached hydrogens (tertiary/aromatic N) is 2. The standard InChI is InChI=1S/C11H12N2O/c1-8-4-3-5-10-11(8)14-7-9(6-12)13(10)2/h3-5,9H,7H2,1-2H3. The number of hydrogen-bond acceptors (Lipinski definition) is 3. The third-order valence-electron chi connectivity index (χ3n) is 2.57. The lowest BCUT2D eigenvalue weighted by Gasteiger charge is -2.32. The smallest absolute Gasteiger partial charge is 0.151 e. The van der Waals surface area contributed by atoms with Crippen molar-refractivity contribution in [3.8, 4) is 11.8 Å². The highest BCUT2D eigenvalue weighted by Crippen LogP contribution is 2.35. The maximum atomic E-state index is 8.88. The summed E-state index contributed by atoms with van der Waals surface area (Å²) in [5.74, 6) is 0.904. The summed E-state index contributed by atoms with van der Waals surface area (Å²) in [6.07, 6.45) is 0. The number of rotatable bonds is 0. The highest BCUT2D eigenvalue weighted by molar-refractivity contribution is 5.64. The fraction of sp³-hybridized carbons (Fsp3) is 0.364. The molecule has 0 aromatic heterocycles. The van der Waals surface area contributed by atoms with Crippen LogP contribution >= 0.6 is 0 Å². The van der Waals surface area contributed by atoms with Crippen molar-refractivity contribution in [2.24, 2.45) is 0 Å². The first-order valence-corrected chi connectivity index (χ1v) is 4.59. The second-order valence-electron chi connectivity index (χ2n) is 3.49. The quantitative estimate of drug-likeness (QED) is 0.622. The molecule has 0 spiro atoms. The van der Waals surface area contributed by atoms with Crippen LogP contribution in [0.1, 0.15) is 5.56 Å². The average Bonchev–Trinajstić information content (AvgIpc) is 2.20. The highest BCUT2D eigenvalue weighted by Gasteiger charge is 2.24. The first-order chi connectivity index (χ1) is 6.74. The van der Waals surface area contributed by atoms with Crippen LogP contribution in [-0.4, -0.2) is 19.7 Å². The minimum absolute atomic E-state index is 0.177. The lowest BCUT2D eigenvalue weighted by Crippen LogP contribution is -2.39. The molecule has 1 aliphatic rings. The second-order valence-corrected chi connectivity index (χ2v) is 3.49. The zero-order chi connectivity index (χ0) is 10.1. The van der Waals surface area contributed by atoms with Crippen molar-refractivity contribution >= 4 is 5.69 Å². The molecule has 0 radical (unpaired) electrons. The van der Waals surface area contributed by atoms with Gasteiger partial charge in [0.25, 0.3) is 0 Å². The molecule has 3 nitrogen and oxygen atoms in total. The number of benzene rings is 1. The van der Waals surface area contributed by atoms with E-state index in [4.69, 9.17) is 10.00 Å². The number of likely N-dealkylation sites (N-methyl/N-ethyl adjacent to an activating group) is 1. The van der Waals surface area contributed by atoms with Gasteiger partial charge in [-0.2, -0.15) is 5.26 Å². The maximum absolute atomic E-state index is 8.88. The van der Waals surface area contributed by atoms with Crippen LogP contribution < -0.4 is 9.64 Å². The molecule has 72 valence electrons. The van der Waals surface area contributed by atoms with E-state index in [-0.39, 0.29) is 6.04 Å². The van der Waals surface area contributed by atoms with Crippen LogP contribution in [0.15, 0.2) is 18.2 Å². The Labute approximate surface area is 83.5 Å². The monoisotopic (exact) mass is 188 g/mol. The van der Waals surface area contributed by atoms with Crippen LogP contribution in [0.5, 0.6) is 5.75 Å². The Bertz CT molecular complexity index is 395. The summed E-state index contributed by atoms with van der Waals surface area (Å²) in [4.78, 5) is 1.96. The number of aryl methyl sites for hydroxylation is 1. The van der Waals surface area contributed by atoms with E-state index < -0.39 is 0 Å². The zero-order valence-corrected chi connectivity index (χ0v) is 8.32. The van der Waals surface area contributed by atoms with Gasteiger partial charge >= 0.3 is 0 Å². The SMILES string of the molecule is Cc1cccc2c1OCC(C#N)N2C. The molecule has 0 saturated heterocycles. The highest BCUT2D eigenvalue weighted by atomic mass is 16.5. The number of fused-ring (bicyclic) bond motifs is 1. The summed E-state index contributed by atoms with van der Waals surface area (Å²) in [6.45, 7) is 2.46. The van der Waals surface area contributed by atoms with Crippen LogP contribution in [0.2, 0.25) is 0 Å². The van der Waals surface area contributed by atoms with Gasteiger partial charge in [0, 0.05) is 7.05 Å². The maximum Gasteiger partial charge on any atom is 0.151 e. The molecule has 1 heterocycles. The van der Waals surface area contributed by atoms with E-state index in [0.29, 0.717) is 6.61 Å². The van der Waals surface area contributed by atoms with Gasteiger partial charge in [-0.3, -0.25) is 0 Å². The minimum atomic E-state index is -0.177. The Morgan fingerprint density at radius 3 is 3.07 bits per heavy atom. The molecule has 0 amide bonds. The molecule has 1 unspecified atom stereocenters. The lowest BCUT2D eigenvalue weighted by atomic mass is 10.1. The van der Waals surface area contributed by atoms with Crippen LogP contribution in [0, 0.1) is 18.3 Å². The number of anilines is 1. The van der Waals surface area contributed by atoms with Crippen molar-refractivity contribution in [1.29, 1.82) is 5.26 Å². The van der Waals surface area contributed by atoms with Crippen molar-refractivity contribution < 1.29 is 4.74 Å². The largest absolute Gasteiger partial charge is 0.488 e. The average molecular weight is 188 g/mol. The lowest BCUT2D eigenvalue weighted by molar-refractivity contribution is 0.287. The van der Waals surface area contributed by atoms with Gasteiger partial charge < -0.3 is 9.64 Å². The number of ether oxygens (including phenoxy) is 1. The van der Waals surface area contributed by atoms with Crippen molar-refractivity contribution in [3.63, 3.8) is 0 Å². The van der Waals surface area contributed by atoms with Gasteiger partial charge in [0.15, 0.2) is 6.04 Å². The fourth-order valence-electron chi connectivity index (χ4n) is 1.67. The van der Waals surface area contributed by atoms with Crippen LogP contribution in [0.3, 0.4) is 0 Å². The van der Waals surface area contributed by atoms with Gasteiger partial charge in [-0.1, -0.05) is 12.1 Å². The Kier molecular flexibility index (Phi) is 2.05. The third-order valence-corrected chi connectivity index (χ3v) is 2.57. The second kappa shape index (κ2) is 3.22. The van der Waals surface area contributed by atoms with Crippen LogP contribution in [0.25, 0.3) is 0 Å². The molecule has 0 fully saturated rings. The van der Waals surface area contributed by atoms with E-state index in [9.17, 15) is 0 Å². The van der Waals surface area contributed by atoms with E-state index in [2.05, 4.69) is 6.07 Å². The summed E-state index contributed by atoms with van der Waals surface area (Å²) in [5.41, 5.74) is 2.12. The van der Waals surface area contributed by atoms with E-state index in [1.807, 2.05) is 37.1 Å². The molecule has 0 bridgehead atoms. The van der Waals surface area contributed by atoms with Crippen molar-refractivity contribution in [2.45, 2.75) is 13.0 Å². The predicted octanol–water partition coefficient (Wildman–Crippen LogP) is 1.72. The molecule has 1 aromatic rings. The third kappa shape index (κ3) is 1.20. The van der Waals surface area contributed by atoms with Crippen LogP contribution in [0.4, 0.5) is 5.69 Å². The molecule has 1 atom stereocenters. The van der Waals surface area contributed by atoms with E-state index in [1.165, 1.54) is 0 Å². The van der Waals surface area contributed by atoms with Gasteiger partial charge in [-0.15, -0.1) is 0 Å². The molecular weight excluding hydrogens is 176 g/mol. The van der Waals surface area contributed by atoms with Crippen molar-refractivity contribution in [3.05, 3.63) is 23.8 Å². The summed E-state index contributed by atoms with van der Waals surface area (Å²) < 4.78 is 5.56. The zero-order valence-electron chi connectivity index (χ0n) is 8.32. The number of nitriles is 1. The Balaban J connectivity index is 2.47.